The number of fused-ring (bicyclic) bond motifs is 1. The molecule has 0 fully saturated rings. The molecule has 1 amide bonds. The van der Waals surface area contributed by atoms with Crippen molar-refractivity contribution >= 4 is 5.91 Å². The topological polar surface area (TPSA) is 59.6 Å². The lowest BCUT2D eigenvalue weighted by molar-refractivity contribution is -0.122. The van der Waals surface area contributed by atoms with E-state index in [1.165, 1.54) is 0 Å². The van der Waals surface area contributed by atoms with Crippen molar-refractivity contribution in [1.82, 2.24) is 10.6 Å². The summed E-state index contributed by atoms with van der Waals surface area (Å²) in [7, 11) is 1.75. The Morgan fingerprint density at radius 1 is 1.47 bits per heavy atom. The number of ether oxygens (including phenoxy) is 2. The van der Waals surface area contributed by atoms with Crippen LogP contribution in [0, 0.1) is 0 Å². The van der Waals surface area contributed by atoms with Gasteiger partial charge in [0.25, 0.3) is 0 Å². The van der Waals surface area contributed by atoms with Crippen molar-refractivity contribution in [2.24, 2.45) is 0 Å². The van der Waals surface area contributed by atoms with Gasteiger partial charge in [0.05, 0.1) is 6.04 Å². The molecule has 0 saturated heterocycles. The van der Waals surface area contributed by atoms with Crippen molar-refractivity contribution in [3.8, 4) is 11.5 Å². The van der Waals surface area contributed by atoms with Crippen molar-refractivity contribution < 1.29 is 14.3 Å². The van der Waals surface area contributed by atoms with Crippen LogP contribution in [0.2, 0.25) is 0 Å². The number of nitrogens with one attached hydrogen (secondary N) is 2. The van der Waals surface area contributed by atoms with E-state index in [4.69, 9.17) is 9.47 Å². The van der Waals surface area contributed by atoms with Gasteiger partial charge >= 0.3 is 0 Å². The van der Waals surface area contributed by atoms with Crippen molar-refractivity contribution in [1.29, 1.82) is 0 Å². The van der Waals surface area contributed by atoms with Crippen molar-refractivity contribution in [3.05, 3.63) is 23.8 Å². The Labute approximate surface area is 100 Å². The van der Waals surface area contributed by atoms with Gasteiger partial charge in [-0.25, -0.2) is 0 Å². The number of likely N-dealkylation sites (N-methyl/N-ethyl adjacent to an activating group) is 1. The van der Waals surface area contributed by atoms with Crippen LogP contribution in [-0.4, -0.2) is 25.8 Å². The Morgan fingerprint density at radius 3 is 3.06 bits per heavy atom. The Morgan fingerprint density at radius 2 is 2.29 bits per heavy atom. The molecular formula is C12H16N2O3. The van der Waals surface area contributed by atoms with Gasteiger partial charge < -0.3 is 20.1 Å². The fourth-order valence-corrected chi connectivity index (χ4v) is 1.60. The molecule has 1 atom stereocenters. The monoisotopic (exact) mass is 236 g/mol. The largest absolute Gasteiger partial charge is 0.454 e. The summed E-state index contributed by atoms with van der Waals surface area (Å²) in [5.74, 6) is 1.42. The van der Waals surface area contributed by atoms with E-state index in [1.54, 1.807) is 7.05 Å². The second kappa shape index (κ2) is 5.05. The van der Waals surface area contributed by atoms with Gasteiger partial charge in [-0.3, -0.25) is 4.79 Å². The summed E-state index contributed by atoms with van der Waals surface area (Å²) in [6, 6.07) is 5.45. The highest BCUT2D eigenvalue weighted by Gasteiger charge is 2.18. The first-order chi connectivity index (χ1) is 8.22. The molecule has 5 heteroatoms. The third-order valence-electron chi connectivity index (χ3n) is 2.76. The van der Waals surface area contributed by atoms with Crippen LogP contribution in [0.3, 0.4) is 0 Å². The number of amides is 1. The molecule has 1 aromatic carbocycles. The highest BCUT2D eigenvalue weighted by molar-refractivity contribution is 5.81. The van der Waals surface area contributed by atoms with Gasteiger partial charge in [0.1, 0.15) is 0 Å². The van der Waals surface area contributed by atoms with Gasteiger partial charge in [-0.15, -0.1) is 0 Å². The van der Waals surface area contributed by atoms with Crippen LogP contribution in [0.4, 0.5) is 0 Å². The molecule has 2 N–H and O–H groups in total. The Hall–Kier alpha value is -1.75. The van der Waals surface area contributed by atoms with E-state index in [2.05, 4.69) is 10.6 Å². The first-order valence-electron chi connectivity index (χ1n) is 5.55. The molecule has 0 radical (unpaired) electrons. The smallest absolute Gasteiger partial charge is 0.237 e. The fourth-order valence-electron chi connectivity index (χ4n) is 1.60. The molecular weight excluding hydrogens is 220 g/mol. The van der Waals surface area contributed by atoms with Crippen LogP contribution in [0.5, 0.6) is 11.5 Å². The molecule has 1 heterocycles. The second-order valence-corrected chi connectivity index (χ2v) is 3.88. The summed E-state index contributed by atoms with van der Waals surface area (Å²) in [5, 5.41) is 5.73. The lowest BCUT2D eigenvalue weighted by atomic mass is 10.2. The summed E-state index contributed by atoms with van der Waals surface area (Å²) >= 11 is 0. The van der Waals surface area contributed by atoms with Gasteiger partial charge in [0.15, 0.2) is 11.5 Å². The zero-order chi connectivity index (χ0) is 12.3. The van der Waals surface area contributed by atoms with Crippen LogP contribution >= 0.6 is 0 Å². The van der Waals surface area contributed by atoms with Crippen molar-refractivity contribution in [3.63, 3.8) is 0 Å². The average Bonchev–Trinajstić information content (AvgIpc) is 2.83. The third kappa shape index (κ3) is 2.50. The summed E-state index contributed by atoms with van der Waals surface area (Å²) in [6.45, 7) is 2.50. The maximum absolute atomic E-state index is 11.6. The molecule has 5 nitrogen and oxygen atoms in total. The minimum Gasteiger partial charge on any atom is -0.454 e. The zero-order valence-corrected chi connectivity index (χ0v) is 9.95. The minimum absolute atomic E-state index is 0.0379. The first kappa shape index (κ1) is 11.7. The molecule has 1 aliphatic rings. The molecule has 92 valence electrons. The van der Waals surface area contributed by atoms with Crippen LogP contribution in [0.25, 0.3) is 0 Å². The van der Waals surface area contributed by atoms with E-state index < -0.39 is 0 Å². The third-order valence-corrected chi connectivity index (χ3v) is 2.76. The van der Waals surface area contributed by atoms with Gasteiger partial charge in [-0.1, -0.05) is 12.1 Å². The summed E-state index contributed by atoms with van der Waals surface area (Å²) < 4.78 is 10.6. The predicted molar refractivity (Wildman–Crippen MR) is 62.9 cm³/mol. The number of hydrogen-bond acceptors (Lipinski definition) is 4. The molecule has 0 saturated carbocycles. The van der Waals surface area contributed by atoms with E-state index in [-0.39, 0.29) is 18.7 Å². The minimum atomic E-state index is -0.205. The van der Waals surface area contributed by atoms with Gasteiger partial charge in [-0.05, 0) is 20.0 Å². The molecule has 17 heavy (non-hydrogen) atoms. The van der Waals surface area contributed by atoms with Crippen LogP contribution < -0.4 is 20.1 Å². The van der Waals surface area contributed by atoms with Gasteiger partial charge in [-0.2, -0.15) is 0 Å². The lowest BCUT2D eigenvalue weighted by Gasteiger charge is -2.12. The zero-order valence-electron chi connectivity index (χ0n) is 9.95. The van der Waals surface area contributed by atoms with E-state index in [0.29, 0.717) is 6.54 Å². The standard InChI is InChI=1S/C12H16N2O3/c1-8(13-2)12(15)14-6-9-4-3-5-10-11(9)17-7-16-10/h3-5,8,13H,6-7H2,1-2H3,(H,14,15). The molecule has 1 aliphatic heterocycles. The number of benzene rings is 1. The molecule has 0 spiro atoms. The Bertz CT molecular complexity index is 420. The molecule has 0 aromatic heterocycles. The van der Waals surface area contributed by atoms with Crippen molar-refractivity contribution in [2.45, 2.75) is 19.5 Å². The SMILES string of the molecule is CNC(C)C(=O)NCc1cccc2c1OCO2. The maximum atomic E-state index is 11.6. The van der Waals surface area contributed by atoms with E-state index >= 15 is 0 Å². The Balaban J connectivity index is 2.00. The molecule has 0 aliphatic carbocycles. The van der Waals surface area contributed by atoms with E-state index in [0.717, 1.165) is 17.1 Å². The van der Waals surface area contributed by atoms with Crippen molar-refractivity contribution in [2.75, 3.05) is 13.8 Å². The highest BCUT2D eigenvalue weighted by atomic mass is 16.7. The van der Waals surface area contributed by atoms with Gasteiger partial charge in [0, 0.05) is 12.1 Å². The van der Waals surface area contributed by atoms with Crippen LogP contribution in [-0.2, 0) is 11.3 Å². The second-order valence-electron chi connectivity index (χ2n) is 3.88. The fraction of sp³-hybridized carbons (Fsp3) is 0.417. The van der Waals surface area contributed by atoms with Crippen LogP contribution in [0.1, 0.15) is 12.5 Å². The highest BCUT2D eigenvalue weighted by Crippen LogP contribution is 2.35. The number of carbonyl (C=O) groups excluding carboxylic acids is 1. The molecule has 1 unspecified atom stereocenters. The summed E-state index contributed by atoms with van der Waals surface area (Å²) in [6.07, 6.45) is 0. The first-order valence-corrected chi connectivity index (χ1v) is 5.55. The summed E-state index contributed by atoms with van der Waals surface area (Å²) in [4.78, 5) is 11.6. The number of carbonyl (C=O) groups is 1. The van der Waals surface area contributed by atoms with E-state index in [9.17, 15) is 4.79 Å². The maximum Gasteiger partial charge on any atom is 0.237 e. The van der Waals surface area contributed by atoms with Gasteiger partial charge in [0.2, 0.25) is 12.7 Å². The number of hydrogen-bond donors (Lipinski definition) is 2. The predicted octanol–water partition coefficient (Wildman–Crippen LogP) is 0.639. The number of rotatable bonds is 4. The molecule has 2 rings (SSSR count). The Kier molecular flexibility index (Phi) is 3.49. The molecule has 0 bridgehead atoms. The normalized spacial score (nSPS) is 14.5. The quantitative estimate of drug-likeness (QED) is 0.805. The van der Waals surface area contributed by atoms with Crippen LogP contribution in [0.15, 0.2) is 18.2 Å². The van der Waals surface area contributed by atoms with E-state index in [1.807, 2.05) is 25.1 Å². The lowest BCUT2D eigenvalue weighted by Crippen LogP contribution is -2.40. The average molecular weight is 236 g/mol. The number of para-hydroxylation sites is 1. The summed E-state index contributed by atoms with van der Waals surface area (Å²) in [5.41, 5.74) is 0.927. The molecule has 1 aromatic rings.